The zero-order chi connectivity index (χ0) is 12.1. The average molecular weight is 309 g/mol. The summed E-state index contributed by atoms with van der Waals surface area (Å²) < 4.78 is 13.5. The van der Waals surface area contributed by atoms with Crippen molar-refractivity contribution < 1.29 is 9.18 Å². The van der Waals surface area contributed by atoms with Gasteiger partial charge in [-0.15, -0.1) is 0 Å². The van der Waals surface area contributed by atoms with Crippen molar-refractivity contribution >= 4 is 33.4 Å². The summed E-state index contributed by atoms with van der Waals surface area (Å²) in [5, 5.41) is 3.31. The molecular weight excluding hydrogens is 296 g/mol. The van der Waals surface area contributed by atoms with Gasteiger partial charge in [0.05, 0.1) is 10.6 Å². The SMILES string of the molecule is CCC(CBr)NC(=O)c1cccc(Cl)c1F. The Morgan fingerprint density at radius 2 is 2.31 bits per heavy atom. The first kappa shape index (κ1) is 13.5. The van der Waals surface area contributed by atoms with E-state index in [1.165, 1.54) is 12.1 Å². The van der Waals surface area contributed by atoms with E-state index >= 15 is 0 Å². The molecule has 88 valence electrons. The molecule has 1 aromatic rings. The minimum Gasteiger partial charge on any atom is -0.348 e. The van der Waals surface area contributed by atoms with E-state index in [9.17, 15) is 9.18 Å². The van der Waals surface area contributed by atoms with Gasteiger partial charge in [0.25, 0.3) is 5.91 Å². The van der Waals surface area contributed by atoms with E-state index in [1.54, 1.807) is 6.07 Å². The van der Waals surface area contributed by atoms with E-state index in [0.29, 0.717) is 5.33 Å². The molecule has 1 N–H and O–H groups in total. The molecule has 0 spiro atoms. The Morgan fingerprint density at radius 3 is 2.88 bits per heavy atom. The summed E-state index contributed by atoms with van der Waals surface area (Å²) in [5.41, 5.74) is -0.0214. The highest BCUT2D eigenvalue weighted by Gasteiger charge is 2.16. The Morgan fingerprint density at radius 1 is 1.62 bits per heavy atom. The molecule has 0 fully saturated rings. The summed E-state index contributed by atoms with van der Waals surface area (Å²) in [6.45, 7) is 1.94. The number of carbonyl (C=O) groups is 1. The van der Waals surface area contributed by atoms with Gasteiger partial charge in [0.15, 0.2) is 5.82 Å². The highest BCUT2D eigenvalue weighted by atomic mass is 79.9. The number of halogens is 3. The van der Waals surface area contributed by atoms with Crippen molar-refractivity contribution in [3.63, 3.8) is 0 Å². The summed E-state index contributed by atoms with van der Waals surface area (Å²) in [6, 6.07) is 4.37. The van der Waals surface area contributed by atoms with Gasteiger partial charge in [-0.1, -0.05) is 40.5 Å². The fourth-order valence-corrected chi connectivity index (χ4v) is 1.99. The van der Waals surface area contributed by atoms with Crippen molar-refractivity contribution in [3.05, 3.63) is 34.6 Å². The van der Waals surface area contributed by atoms with Crippen LogP contribution >= 0.6 is 27.5 Å². The van der Waals surface area contributed by atoms with Crippen molar-refractivity contribution in [2.24, 2.45) is 0 Å². The van der Waals surface area contributed by atoms with Gasteiger partial charge in [-0.25, -0.2) is 4.39 Å². The number of alkyl halides is 1. The van der Waals surface area contributed by atoms with E-state index in [-0.39, 0.29) is 16.6 Å². The van der Waals surface area contributed by atoms with E-state index in [0.717, 1.165) is 6.42 Å². The van der Waals surface area contributed by atoms with Crippen LogP contribution in [0.1, 0.15) is 23.7 Å². The molecule has 0 aliphatic carbocycles. The fraction of sp³-hybridized carbons (Fsp3) is 0.364. The van der Waals surface area contributed by atoms with Crippen LogP contribution in [0.4, 0.5) is 4.39 Å². The molecule has 1 unspecified atom stereocenters. The average Bonchev–Trinajstić information content (AvgIpc) is 2.29. The Labute approximate surface area is 107 Å². The summed E-state index contributed by atoms with van der Waals surface area (Å²) >= 11 is 8.87. The Bertz CT molecular complexity index is 382. The largest absolute Gasteiger partial charge is 0.348 e. The quantitative estimate of drug-likeness (QED) is 0.849. The highest BCUT2D eigenvalue weighted by Crippen LogP contribution is 2.17. The number of carbonyl (C=O) groups excluding carboxylic acids is 1. The molecule has 0 aliphatic rings. The van der Waals surface area contributed by atoms with Crippen molar-refractivity contribution in [1.29, 1.82) is 0 Å². The lowest BCUT2D eigenvalue weighted by atomic mass is 10.1. The predicted molar refractivity (Wildman–Crippen MR) is 66.7 cm³/mol. The van der Waals surface area contributed by atoms with Gasteiger partial charge in [0, 0.05) is 11.4 Å². The standard InChI is InChI=1S/C11H12BrClFNO/c1-2-7(6-12)15-11(16)8-4-3-5-9(13)10(8)14/h3-5,7H,2,6H2,1H3,(H,15,16). The van der Waals surface area contributed by atoms with Crippen LogP contribution in [0, 0.1) is 5.82 Å². The molecule has 0 saturated heterocycles. The maximum Gasteiger partial charge on any atom is 0.254 e. The minimum absolute atomic E-state index is 0.00844. The third-order valence-electron chi connectivity index (χ3n) is 2.21. The second-order valence-corrected chi connectivity index (χ2v) is 4.39. The number of amides is 1. The number of nitrogens with one attached hydrogen (secondary N) is 1. The van der Waals surface area contributed by atoms with Crippen LogP contribution in [0.5, 0.6) is 0 Å². The fourth-order valence-electron chi connectivity index (χ4n) is 1.19. The molecule has 5 heteroatoms. The number of benzene rings is 1. The van der Waals surface area contributed by atoms with Gasteiger partial charge in [0.2, 0.25) is 0 Å². The first-order chi connectivity index (χ1) is 7.60. The lowest BCUT2D eigenvalue weighted by molar-refractivity contribution is 0.0936. The van der Waals surface area contributed by atoms with E-state index in [4.69, 9.17) is 11.6 Å². The van der Waals surface area contributed by atoms with Gasteiger partial charge < -0.3 is 5.32 Å². The lowest BCUT2D eigenvalue weighted by Gasteiger charge is -2.14. The molecule has 0 bridgehead atoms. The number of hydrogen-bond acceptors (Lipinski definition) is 1. The van der Waals surface area contributed by atoms with Gasteiger partial charge >= 0.3 is 0 Å². The maximum absolute atomic E-state index is 13.5. The van der Waals surface area contributed by atoms with Crippen LogP contribution in [-0.2, 0) is 0 Å². The molecule has 16 heavy (non-hydrogen) atoms. The van der Waals surface area contributed by atoms with Gasteiger partial charge in [0.1, 0.15) is 0 Å². The molecule has 2 nitrogen and oxygen atoms in total. The molecule has 1 aromatic carbocycles. The van der Waals surface area contributed by atoms with Crippen LogP contribution < -0.4 is 5.32 Å². The van der Waals surface area contributed by atoms with Crippen LogP contribution in [-0.4, -0.2) is 17.3 Å². The number of rotatable bonds is 4. The topological polar surface area (TPSA) is 29.1 Å². The lowest BCUT2D eigenvalue weighted by Crippen LogP contribution is -2.35. The zero-order valence-electron chi connectivity index (χ0n) is 8.77. The Balaban J connectivity index is 2.84. The van der Waals surface area contributed by atoms with Crippen LogP contribution in [0.3, 0.4) is 0 Å². The molecule has 1 rings (SSSR count). The molecule has 0 saturated carbocycles. The normalized spacial score (nSPS) is 12.2. The van der Waals surface area contributed by atoms with Crippen molar-refractivity contribution in [1.82, 2.24) is 5.32 Å². The minimum atomic E-state index is -0.675. The summed E-state index contributed by atoms with van der Waals surface area (Å²) in [7, 11) is 0. The van der Waals surface area contributed by atoms with Gasteiger partial charge in [-0.3, -0.25) is 4.79 Å². The van der Waals surface area contributed by atoms with Crippen LogP contribution in [0.15, 0.2) is 18.2 Å². The summed E-state index contributed by atoms with van der Waals surface area (Å²) in [6.07, 6.45) is 0.777. The number of hydrogen-bond donors (Lipinski definition) is 1. The molecule has 0 aromatic heterocycles. The molecule has 1 atom stereocenters. The van der Waals surface area contributed by atoms with Gasteiger partial charge in [-0.2, -0.15) is 0 Å². The molecule has 0 heterocycles. The van der Waals surface area contributed by atoms with Crippen molar-refractivity contribution in [2.75, 3.05) is 5.33 Å². The van der Waals surface area contributed by atoms with Crippen LogP contribution in [0.25, 0.3) is 0 Å². The molecular formula is C11H12BrClFNO. The van der Waals surface area contributed by atoms with E-state index in [2.05, 4.69) is 21.2 Å². The van der Waals surface area contributed by atoms with E-state index < -0.39 is 11.7 Å². The third-order valence-corrected chi connectivity index (χ3v) is 3.28. The molecule has 0 aliphatic heterocycles. The summed E-state index contributed by atoms with van der Waals surface area (Å²) in [5.74, 6) is -1.11. The van der Waals surface area contributed by atoms with Gasteiger partial charge in [-0.05, 0) is 18.6 Å². The van der Waals surface area contributed by atoms with Crippen LogP contribution in [0.2, 0.25) is 5.02 Å². The predicted octanol–water partition coefficient (Wildman–Crippen LogP) is 3.38. The Hall–Kier alpha value is -0.610. The highest BCUT2D eigenvalue weighted by molar-refractivity contribution is 9.09. The summed E-state index contributed by atoms with van der Waals surface area (Å²) in [4.78, 5) is 11.7. The smallest absolute Gasteiger partial charge is 0.254 e. The first-order valence-corrected chi connectivity index (χ1v) is 6.41. The van der Waals surface area contributed by atoms with Crippen molar-refractivity contribution in [2.45, 2.75) is 19.4 Å². The monoisotopic (exact) mass is 307 g/mol. The molecule has 1 amide bonds. The molecule has 0 radical (unpaired) electrons. The Kier molecular flexibility index (Phi) is 5.22. The zero-order valence-corrected chi connectivity index (χ0v) is 11.1. The van der Waals surface area contributed by atoms with Crippen molar-refractivity contribution in [3.8, 4) is 0 Å². The maximum atomic E-state index is 13.5. The third kappa shape index (κ3) is 3.19. The second-order valence-electron chi connectivity index (χ2n) is 3.33. The van der Waals surface area contributed by atoms with E-state index in [1.807, 2.05) is 6.92 Å². The first-order valence-electron chi connectivity index (χ1n) is 4.91. The second kappa shape index (κ2) is 6.21.